The van der Waals surface area contributed by atoms with Gasteiger partial charge in [-0.25, -0.2) is 0 Å². The second-order valence-corrected chi connectivity index (χ2v) is 6.16. The summed E-state index contributed by atoms with van der Waals surface area (Å²) >= 11 is 0. The number of piperazine rings is 1. The van der Waals surface area contributed by atoms with Gasteiger partial charge < -0.3 is 15.0 Å². The first-order valence-corrected chi connectivity index (χ1v) is 8.07. The van der Waals surface area contributed by atoms with E-state index in [0.29, 0.717) is 6.04 Å². The number of nitrogens with zero attached hydrogens (tertiary/aromatic N) is 2. The van der Waals surface area contributed by atoms with Crippen molar-refractivity contribution >= 4 is 5.91 Å². The van der Waals surface area contributed by atoms with Crippen molar-refractivity contribution in [2.75, 3.05) is 46.4 Å². The molecule has 0 radical (unpaired) electrons. The summed E-state index contributed by atoms with van der Waals surface area (Å²) < 4.78 is 5.21. The van der Waals surface area contributed by atoms with E-state index in [1.54, 1.807) is 7.11 Å². The van der Waals surface area contributed by atoms with E-state index in [0.717, 1.165) is 62.6 Å². The second kappa shape index (κ2) is 6.67. The Morgan fingerprint density at radius 1 is 1.27 bits per heavy atom. The molecule has 1 unspecified atom stereocenters. The first-order valence-electron chi connectivity index (χ1n) is 8.07. The highest BCUT2D eigenvalue weighted by Gasteiger charge is 2.31. The predicted octanol–water partition coefficient (Wildman–Crippen LogP) is 1.12. The van der Waals surface area contributed by atoms with Crippen LogP contribution in [-0.4, -0.2) is 68.1 Å². The number of likely N-dealkylation sites (tertiary alicyclic amines) is 1. The third-order valence-corrected chi connectivity index (χ3v) is 4.78. The van der Waals surface area contributed by atoms with Crippen LogP contribution in [0.1, 0.15) is 22.3 Å². The number of carbonyl (C=O) groups excluding carboxylic acids is 1. The highest BCUT2D eigenvalue weighted by atomic mass is 16.5. The van der Waals surface area contributed by atoms with Crippen LogP contribution in [0.3, 0.4) is 0 Å². The highest BCUT2D eigenvalue weighted by Crippen LogP contribution is 2.22. The number of ether oxygens (including phenoxy) is 1. The first kappa shape index (κ1) is 15.3. The second-order valence-electron chi connectivity index (χ2n) is 6.16. The minimum Gasteiger partial charge on any atom is -0.497 e. The van der Waals surface area contributed by atoms with E-state index in [-0.39, 0.29) is 5.91 Å². The van der Waals surface area contributed by atoms with Crippen molar-refractivity contribution in [2.45, 2.75) is 19.4 Å². The van der Waals surface area contributed by atoms with Crippen LogP contribution in [0.15, 0.2) is 18.2 Å². The Hall–Kier alpha value is -1.59. The monoisotopic (exact) mass is 303 g/mol. The molecule has 0 aromatic heterocycles. The van der Waals surface area contributed by atoms with Gasteiger partial charge in [0.15, 0.2) is 0 Å². The zero-order chi connectivity index (χ0) is 15.5. The molecule has 2 fully saturated rings. The van der Waals surface area contributed by atoms with Gasteiger partial charge in [0.25, 0.3) is 5.91 Å². The van der Waals surface area contributed by atoms with E-state index in [4.69, 9.17) is 4.74 Å². The molecule has 120 valence electrons. The highest BCUT2D eigenvalue weighted by molar-refractivity contribution is 5.96. The Labute approximate surface area is 132 Å². The summed E-state index contributed by atoms with van der Waals surface area (Å²) in [6.07, 6.45) is 1.08. The maximum atomic E-state index is 12.7. The normalized spacial score (nSPS) is 22.8. The molecule has 1 N–H and O–H groups in total. The van der Waals surface area contributed by atoms with Crippen LogP contribution in [0.2, 0.25) is 0 Å². The van der Waals surface area contributed by atoms with Crippen LogP contribution in [0.4, 0.5) is 0 Å². The molecule has 1 aromatic rings. The molecule has 1 aromatic carbocycles. The lowest BCUT2D eigenvalue weighted by atomic mass is 10.1. The van der Waals surface area contributed by atoms with Gasteiger partial charge in [0, 0.05) is 50.9 Å². The van der Waals surface area contributed by atoms with Crippen molar-refractivity contribution in [1.29, 1.82) is 0 Å². The number of hydrogen-bond donors (Lipinski definition) is 1. The number of hydrogen-bond acceptors (Lipinski definition) is 4. The van der Waals surface area contributed by atoms with Gasteiger partial charge in [-0.15, -0.1) is 0 Å². The lowest BCUT2D eigenvalue weighted by Gasteiger charge is -2.32. The van der Waals surface area contributed by atoms with Gasteiger partial charge in [-0.2, -0.15) is 0 Å². The Morgan fingerprint density at radius 2 is 2.05 bits per heavy atom. The third kappa shape index (κ3) is 3.10. The predicted molar refractivity (Wildman–Crippen MR) is 86.5 cm³/mol. The van der Waals surface area contributed by atoms with Gasteiger partial charge >= 0.3 is 0 Å². The van der Waals surface area contributed by atoms with E-state index in [1.165, 1.54) is 0 Å². The van der Waals surface area contributed by atoms with E-state index in [1.807, 2.05) is 30.0 Å². The average molecular weight is 303 g/mol. The summed E-state index contributed by atoms with van der Waals surface area (Å²) in [6.45, 7) is 7.98. The van der Waals surface area contributed by atoms with Crippen molar-refractivity contribution in [2.24, 2.45) is 0 Å². The van der Waals surface area contributed by atoms with Gasteiger partial charge in [0.2, 0.25) is 0 Å². The summed E-state index contributed by atoms with van der Waals surface area (Å²) in [6, 6.07) is 6.19. The summed E-state index contributed by atoms with van der Waals surface area (Å²) in [4.78, 5) is 17.3. The smallest absolute Gasteiger partial charge is 0.254 e. The fraction of sp³-hybridized carbons (Fsp3) is 0.588. The molecule has 1 atom stereocenters. The fourth-order valence-electron chi connectivity index (χ4n) is 3.45. The zero-order valence-electron chi connectivity index (χ0n) is 13.5. The van der Waals surface area contributed by atoms with E-state index < -0.39 is 0 Å². The molecule has 2 aliphatic heterocycles. The molecule has 0 aliphatic carbocycles. The molecule has 0 bridgehead atoms. The quantitative estimate of drug-likeness (QED) is 0.909. The molecular formula is C17H25N3O2. The SMILES string of the molecule is COc1ccc(C(=O)N2CCC(N3CCNCC3)C2)c(C)c1. The Kier molecular flexibility index (Phi) is 4.64. The van der Waals surface area contributed by atoms with Crippen LogP contribution >= 0.6 is 0 Å². The Morgan fingerprint density at radius 3 is 2.73 bits per heavy atom. The van der Waals surface area contributed by atoms with Crippen LogP contribution in [0, 0.1) is 6.92 Å². The molecule has 5 heteroatoms. The molecule has 2 saturated heterocycles. The standard InChI is InChI=1S/C17H25N3O2/c1-13-11-15(22-2)3-4-16(13)17(21)20-8-5-14(12-20)19-9-6-18-7-10-19/h3-4,11,14,18H,5-10,12H2,1-2H3. The molecule has 1 amide bonds. The van der Waals surface area contributed by atoms with Crippen LogP contribution in [0.25, 0.3) is 0 Å². The number of amides is 1. The van der Waals surface area contributed by atoms with Gasteiger partial charge in [-0.3, -0.25) is 9.69 Å². The van der Waals surface area contributed by atoms with Crippen molar-refractivity contribution in [3.05, 3.63) is 29.3 Å². The molecule has 0 spiro atoms. The number of rotatable bonds is 3. The lowest BCUT2D eigenvalue weighted by molar-refractivity contribution is 0.0772. The van der Waals surface area contributed by atoms with Crippen LogP contribution in [-0.2, 0) is 0 Å². The van der Waals surface area contributed by atoms with Gasteiger partial charge in [0.1, 0.15) is 5.75 Å². The van der Waals surface area contributed by atoms with E-state index in [2.05, 4.69) is 10.2 Å². The summed E-state index contributed by atoms with van der Waals surface area (Å²) in [5.41, 5.74) is 1.77. The fourth-order valence-corrected chi connectivity index (χ4v) is 3.45. The number of nitrogens with one attached hydrogen (secondary N) is 1. The van der Waals surface area contributed by atoms with Crippen molar-refractivity contribution in [3.8, 4) is 5.75 Å². The molecule has 2 heterocycles. The van der Waals surface area contributed by atoms with E-state index in [9.17, 15) is 4.79 Å². The summed E-state index contributed by atoms with van der Waals surface area (Å²) in [5, 5.41) is 3.38. The lowest BCUT2D eigenvalue weighted by Crippen LogP contribution is -2.49. The molecule has 0 saturated carbocycles. The molecule has 2 aliphatic rings. The Bertz CT molecular complexity index is 541. The average Bonchev–Trinajstić information content (AvgIpc) is 3.05. The molecule has 3 rings (SSSR count). The minimum absolute atomic E-state index is 0.151. The van der Waals surface area contributed by atoms with Gasteiger partial charge in [-0.1, -0.05) is 0 Å². The van der Waals surface area contributed by atoms with Crippen molar-refractivity contribution in [1.82, 2.24) is 15.1 Å². The molecule has 5 nitrogen and oxygen atoms in total. The summed E-state index contributed by atoms with van der Waals surface area (Å²) in [5.74, 6) is 0.951. The van der Waals surface area contributed by atoms with Crippen molar-refractivity contribution in [3.63, 3.8) is 0 Å². The zero-order valence-corrected chi connectivity index (χ0v) is 13.5. The van der Waals surface area contributed by atoms with E-state index >= 15 is 0 Å². The van der Waals surface area contributed by atoms with Gasteiger partial charge in [-0.05, 0) is 37.1 Å². The maximum absolute atomic E-state index is 12.7. The van der Waals surface area contributed by atoms with Crippen LogP contribution in [0.5, 0.6) is 5.75 Å². The first-order chi connectivity index (χ1) is 10.7. The molecule has 22 heavy (non-hydrogen) atoms. The van der Waals surface area contributed by atoms with Crippen molar-refractivity contribution < 1.29 is 9.53 Å². The largest absolute Gasteiger partial charge is 0.497 e. The van der Waals surface area contributed by atoms with Crippen LogP contribution < -0.4 is 10.1 Å². The number of methoxy groups -OCH3 is 1. The van der Waals surface area contributed by atoms with Gasteiger partial charge in [0.05, 0.1) is 7.11 Å². The third-order valence-electron chi connectivity index (χ3n) is 4.78. The number of carbonyl (C=O) groups is 1. The molecular weight excluding hydrogens is 278 g/mol. The summed E-state index contributed by atoms with van der Waals surface area (Å²) in [7, 11) is 1.65. The maximum Gasteiger partial charge on any atom is 0.254 e. The Balaban J connectivity index is 1.66. The number of benzene rings is 1. The number of aryl methyl sites for hydroxylation is 1. The minimum atomic E-state index is 0.151. The topological polar surface area (TPSA) is 44.8 Å².